The summed E-state index contributed by atoms with van der Waals surface area (Å²) in [5, 5.41) is 12.1. The van der Waals surface area contributed by atoms with E-state index in [-0.39, 0.29) is 11.7 Å². The van der Waals surface area contributed by atoms with E-state index >= 15 is 0 Å². The van der Waals surface area contributed by atoms with Crippen LogP contribution in [0.4, 0.5) is 4.39 Å². The summed E-state index contributed by atoms with van der Waals surface area (Å²) in [6.45, 7) is 4.77. The number of hydrogen-bond donors (Lipinski definition) is 1. The third kappa shape index (κ3) is 4.88. The molecule has 0 spiro atoms. The minimum atomic E-state index is -0.301. The van der Waals surface area contributed by atoms with Gasteiger partial charge in [-0.1, -0.05) is 18.2 Å². The van der Waals surface area contributed by atoms with E-state index in [0.717, 1.165) is 28.2 Å². The molecule has 0 saturated heterocycles. The summed E-state index contributed by atoms with van der Waals surface area (Å²) in [5.41, 5.74) is 5.25. The monoisotopic (exact) mass is 417 g/mol. The van der Waals surface area contributed by atoms with E-state index in [1.54, 1.807) is 16.8 Å². The lowest BCUT2D eigenvalue weighted by Crippen LogP contribution is -2.24. The minimum absolute atomic E-state index is 0.0647. The van der Waals surface area contributed by atoms with Gasteiger partial charge in [0.25, 0.3) is 0 Å². The van der Waals surface area contributed by atoms with Crippen LogP contribution in [-0.4, -0.2) is 25.5 Å². The highest BCUT2D eigenvalue weighted by Gasteiger charge is 2.14. The fourth-order valence-corrected chi connectivity index (χ4v) is 3.49. The van der Waals surface area contributed by atoms with Gasteiger partial charge in [-0.05, 0) is 56.3 Å². The second-order valence-corrected chi connectivity index (χ2v) is 7.47. The zero-order valence-corrected chi connectivity index (χ0v) is 17.5. The summed E-state index contributed by atoms with van der Waals surface area (Å²) in [6.07, 6.45) is 2.23. The maximum absolute atomic E-state index is 13.4. The molecule has 4 aromatic rings. The number of aromatic nitrogens is 4. The molecule has 2 aromatic carbocycles. The van der Waals surface area contributed by atoms with Crippen molar-refractivity contribution in [2.24, 2.45) is 0 Å². The minimum Gasteiger partial charge on any atom is -0.352 e. The average molecular weight is 417 g/mol. The molecule has 0 aliphatic heterocycles. The molecular weight excluding hydrogens is 393 g/mol. The van der Waals surface area contributed by atoms with Crippen LogP contribution in [0, 0.1) is 19.7 Å². The van der Waals surface area contributed by atoms with Gasteiger partial charge in [0.15, 0.2) is 0 Å². The molecule has 0 aliphatic carbocycles. The molecule has 2 aromatic heterocycles. The van der Waals surface area contributed by atoms with E-state index in [4.69, 9.17) is 5.10 Å². The SMILES string of the molecule is Cc1cc(C)n(CCC(=O)NCc2cn(-c3ccccc3)nc2-c2ccc(F)cc2)n1. The first-order valence-corrected chi connectivity index (χ1v) is 10.2. The summed E-state index contributed by atoms with van der Waals surface area (Å²) in [5.74, 6) is -0.365. The number of carbonyl (C=O) groups is 1. The lowest BCUT2D eigenvalue weighted by Gasteiger charge is -2.07. The Kier molecular flexibility index (Phi) is 5.93. The Morgan fingerprint density at radius 2 is 1.77 bits per heavy atom. The largest absolute Gasteiger partial charge is 0.352 e. The van der Waals surface area contributed by atoms with Crippen molar-refractivity contribution >= 4 is 5.91 Å². The smallest absolute Gasteiger partial charge is 0.222 e. The number of nitrogens with zero attached hydrogens (tertiary/aromatic N) is 4. The third-order valence-corrected chi connectivity index (χ3v) is 5.06. The second-order valence-electron chi connectivity index (χ2n) is 7.47. The number of benzene rings is 2. The molecule has 31 heavy (non-hydrogen) atoms. The maximum Gasteiger partial charge on any atom is 0.222 e. The van der Waals surface area contributed by atoms with Gasteiger partial charge in [0, 0.05) is 42.5 Å². The Labute approximate surface area is 180 Å². The van der Waals surface area contributed by atoms with Crippen molar-refractivity contribution in [2.45, 2.75) is 33.4 Å². The fourth-order valence-electron chi connectivity index (χ4n) is 3.49. The van der Waals surface area contributed by atoms with Crippen molar-refractivity contribution in [3.05, 3.63) is 89.6 Å². The van der Waals surface area contributed by atoms with Gasteiger partial charge in [-0.15, -0.1) is 0 Å². The van der Waals surface area contributed by atoms with Crippen LogP contribution in [0.25, 0.3) is 16.9 Å². The first kappa shape index (κ1) is 20.5. The Balaban J connectivity index is 1.50. The molecule has 2 heterocycles. The van der Waals surface area contributed by atoms with Gasteiger partial charge in [-0.25, -0.2) is 9.07 Å². The zero-order chi connectivity index (χ0) is 21.8. The van der Waals surface area contributed by atoms with E-state index in [2.05, 4.69) is 10.4 Å². The molecule has 0 unspecified atom stereocenters. The summed E-state index contributed by atoms with van der Waals surface area (Å²) in [6, 6.07) is 17.9. The predicted molar refractivity (Wildman–Crippen MR) is 117 cm³/mol. The quantitative estimate of drug-likeness (QED) is 0.490. The number of halogens is 1. The molecule has 1 N–H and O–H groups in total. The highest BCUT2D eigenvalue weighted by molar-refractivity contribution is 5.76. The number of nitrogens with one attached hydrogen (secondary N) is 1. The predicted octanol–water partition coefficient (Wildman–Crippen LogP) is 4.20. The summed E-state index contributed by atoms with van der Waals surface area (Å²) >= 11 is 0. The van der Waals surface area contributed by atoms with Gasteiger partial charge in [0.1, 0.15) is 5.82 Å². The zero-order valence-electron chi connectivity index (χ0n) is 17.5. The van der Waals surface area contributed by atoms with Crippen molar-refractivity contribution in [3.8, 4) is 16.9 Å². The van der Waals surface area contributed by atoms with E-state index in [9.17, 15) is 9.18 Å². The molecular formula is C24H24FN5O. The van der Waals surface area contributed by atoms with Crippen molar-refractivity contribution in [1.82, 2.24) is 24.9 Å². The molecule has 1 amide bonds. The van der Waals surface area contributed by atoms with Gasteiger partial charge in [0.05, 0.1) is 17.1 Å². The molecule has 0 saturated carbocycles. The second kappa shape index (κ2) is 8.95. The molecule has 0 radical (unpaired) electrons. The van der Waals surface area contributed by atoms with Crippen LogP contribution in [0.5, 0.6) is 0 Å². The standard InChI is InChI=1S/C24H24FN5O/c1-17-14-18(2)29(27-17)13-12-23(31)26-15-20-16-30(22-6-4-3-5-7-22)28-24(20)19-8-10-21(25)11-9-19/h3-11,14,16H,12-13,15H2,1-2H3,(H,26,31). The molecule has 0 bridgehead atoms. The topological polar surface area (TPSA) is 64.7 Å². The van der Waals surface area contributed by atoms with Crippen molar-refractivity contribution in [2.75, 3.05) is 0 Å². The first-order chi connectivity index (χ1) is 15.0. The van der Waals surface area contributed by atoms with E-state index in [0.29, 0.717) is 25.2 Å². The van der Waals surface area contributed by atoms with Gasteiger partial charge >= 0.3 is 0 Å². The van der Waals surface area contributed by atoms with Crippen molar-refractivity contribution < 1.29 is 9.18 Å². The van der Waals surface area contributed by atoms with Gasteiger partial charge in [0.2, 0.25) is 5.91 Å². The van der Waals surface area contributed by atoms with Crippen LogP contribution in [0.3, 0.4) is 0 Å². The molecule has 0 fully saturated rings. The number of hydrogen-bond acceptors (Lipinski definition) is 3. The molecule has 7 heteroatoms. The number of carbonyl (C=O) groups excluding carboxylic acids is 1. The Bertz CT molecular complexity index is 1180. The third-order valence-electron chi connectivity index (χ3n) is 5.06. The first-order valence-electron chi connectivity index (χ1n) is 10.2. The Morgan fingerprint density at radius 3 is 2.45 bits per heavy atom. The average Bonchev–Trinajstić information content (AvgIpc) is 3.34. The van der Waals surface area contributed by atoms with Crippen LogP contribution >= 0.6 is 0 Å². The van der Waals surface area contributed by atoms with Crippen LogP contribution in [0.1, 0.15) is 23.4 Å². The van der Waals surface area contributed by atoms with Gasteiger partial charge < -0.3 is 5.32 Å². The number of para-hydroxylation sites is 1. The lowest BCUT2D eigenvalue weighted by atomic mass is 10.1. The normalized spacial score (nSPS) is 10.9. The highest BCUT2D eigenvalue weighted by atomic mass is 19.1. The van der Waals surface area contributed by atoms with Gasteiger partial charge in [-0.2, -0.15) is 10.2 Å². The van der Waals surface area contributed by atoms with E-state index in [1.807, 2.05) is 61.1 Å². The van der Waals surface area contributed by atoms with E-state index < -0.39 is 0 Å². The van der Waals surface area contributed by atoms with Crippen LogP contribution < -0.4 is 5.32 Å². The molecule has 6 nitrogen and oxygen atoms in total. The number of amides is 1. The van der Waals surface area contributed by atoms with E-state index in [1.165, 1.54) is 12.1 Å². The van der Waals surface area contributed by atoms with Crippen LogP contribution in [-0.2, 0) is 17.9 Å². The van der Waals surface area contributed by atoms with Gasteiger partial charge in [-0.3, -0.25) is 9.48 Å². The molecule has 158 valence electrons. The molecule has 4 rings (SSSR count). The van der Waals surface area contributed by atoms with Crippen LogP contribution in [0.15, 0.2) is 66.9 Å². The number of rotatable bonds is 7. The number of aryl methyl sites for hydroxylation is 3. The Morgan fingerprint density at radius 1 is 1.03 bits per heavy atom. The summed E-state index contributed by atoms with van der Waals surface area (Å²) in [4.78, 5) is 12.4. The molecule has 0 atom stereocenters. The van der Waals surface area contributed by atoms with Crippen molar-refractivity contribution in [3.63, 3.8) is 0 Å². The highest BCUT2D eigenvalue weighted by Crippen LogP contribution is 2.24. The summed E-state index contributed by atoms with van der Waals surface area (Å²) in [7, 11) is 0. The maximum atomic E-state index is 13.4. The molecule has 0 aliphatic rings. The van der Waals surface area contributed by atoms with Crippen LogP contribution in [0.2, 0.25) is 0 Å². The Hall–Kier alpha value is -3.74. The lowest BCUT2D eigenvalue weighted by molar-refractivity contribution is -0.121. The fraction of sp³-hybridized carbons (Fsp3) is 0.208. The summed E-state index contributed by atoms with van der Waals surface area (Å²) < 4.78 is 17.0. The van der Waals surface area contributed by atoms with Crippen molar-refractivity contribution in [1.29, 1.82) is 0 Å².